The maximum atomic E-state index is 11.5. The van der Waals surface area contributed by atoms with Gasteiger partial charge in [-0.15, -0.1) is 0 Å². The number of nitrogens with one attached hydrogen (secondary N) is 2. The van der Waals surface area contributed by atoms with Crippen molar-refractivity contribution in [3.8, 4) is 0 Å². The van der Waals surface area contributed by atoms with Crippen molar-refractivity contribution in [1.29, 1.82) is 0 Å². The van der Waals surface area contributed by atoms with E-state index in [-0.39, 0.29) is 5.91 Å². The molecule has 2 bridgehead atoms. The summed E-state index contributed by atoms with van der Waals surface area (Å²) < 4.78 is 0. The van der Waals surface area contributed by atoms with Gasteiger partial charge in [-0.1, -0.05) is 6.92 Å². The molecule has 2 N–H and O–H groups in total. The number of amides is 1. The Morgan fingerprint density at radius 2 is 1.83 bits per heavy atom. The molecule has 2 aliphatic rings. The van der Waals surface area contributed by atoms with Gasteiger partial charge in [-0.05, 0) is 39.2 Å². The van der Waals surface area contributed by atoms with E-state index in [9.17, 15) is 4.79 Å². The SMILES string of the molecule is CCNC(=O)CCN1C2CCC1CC(NCC)C2. The van der Waals surface area contributed by atoms with Crippen LogP contribution in [-0.4, -0.2) is 48.6 Å². The molecule has 0 aromatic carbocycles. The fourth-order valence-corrected chi connectivity index (χ4v) is 3.61. The van der Waals surface area contributed by atoms with E-state index in [0.29, 0.717) is 24.5 Å². The molecule has 4 heteroatoms. The fourth-order valence-electron chi connectivity index (χ4n) is 3.61. The van der Waals surface area contributed by atoms with E-state index in [1.165, 1.54) is 25.7 Å². The number of rotatable bonds is 6. The Hall–Kier alpha value is -0.610. The summed E-state index contributed by atoms with van der Waals surface area (Å²) in [7, 11) is 0. The zero-order valence-corrected chi connectivity index (χ0v) is 11.7. The summed E-state index contributed by atoms with van der Waals surface area (Å²) in [5, 5.41) is 6.47. The van der Waals surface area contributed by atoms with Gasteiger partial charge in [0.2, 0.25) is 5.91 Å². The van der Waals surface area contributed by atoms with Crippen molar-refractivity contribution in [1.82, 2.24) is 15.5 Å². The maximum absolute atomic E-state index is 11.5. The predicted molar refractivity (Wildman–Crippen MR) is 73.5 cm³/mol. The molecule has 0 radical (unpaired) electrons. The van der Waals surface area contributed by atoms with Crippen molar-refractivity contribution in [2.75, 3.05) is 19.6 Å². The van der Waals surface area contributed by atoms with E-state index in [1.54, 1.807) is 0 Å². The first kappa shape index (κ1) is 13.8. The molecule has 0 aliphatic carbocycles. The van der Waals surface area contributed by atoms with Crippen LogP contribution in [0.1, 0.15) is 46.0 Å². The monoisotopic (exact) mass is 253 g/mol. The molecule has 4 nitrogen and oxygen atoms in total. The summed E-state index contributed by atoms with van der Waals surface area (Å²) in [6.07, 6.45) is 5.83. The molecule has 0 aromatic heterocycles. The lowest BCUT2D eigenvalue weighted by Crippen LogP contribution is -2.49. The topological polar surface area (TPSA) is 44.4 Å². The van der Waals surface area contributed by atoms with Crippen LogP contribution in [0.25, 0.3) is 0 Å². The molecule has 0 aromatic rings. The zero-order chi connectivity index (χ0) is 13.0. The van der Waals surface area contributed by atoms with Gasteiger partial charge in [0, 0.05) is 37.6 Å². The Morgan fingerprint density at radius 3 is 2.39 bits per heavy atom. The van der Waals surface area contributed by atoms with Crippen molar-refractivity contribution < 1.29 is 4.79 Å². The molecule has 2 aliphatic heterocycles. The van der Waals surface area contributed by atoms with Gasteiger partial charge in [-0.25, -0.2) is 0 Å². The number of hydrogen-bond donors (Lipinski definition) is 2. The van der Waals surface area contributed by atoms with Crippen LogP contribution >= 0.6 is 0 Å². The first-order chi connectivity index (χ1) is 8.74. The van der Waals surface area contributed by atoms with Crippen molar-refractivity contribution in [2.24, 2.45) is 0 Å². The highest BCUT2D eigenvalue weighted by Gasteiger charge is 2.39. The van der Waals surface area contributed by atoms with Crippen molar-refractivity contribution in [3.05, 3.63) is 0 Å². The predicted octanol–water partition coefficient (Wildman–Crippen LogP) is 1.12. The Kier molecular flexibility index (Phi) is 5.01. The number of fused-ring (bicyclic) bond motifs is 2. The Morgan fingerprint density at radius 1 is 1.17 bits per heavy atom. The van der Waals surface area contributed by atoms with Crippen LogP contribution < -0.4 is 10.6 Å². The molecule has 104 valence electrons. The molecule has 2 atom stereocenters. The summed E-state index contributed by atoms with van der Waals surface area (Å²) in [4.78, 5) is 14.1. The Labute approximate surface area is 110 Å². The third-order valence-corrected chi connectivity index (χ3v) is 4.35. The van der Waals surface area contributed by atoms with E-state index >= 15 is 0 Å². The lowest BCUT2D eigenvalue weighted by atomic mass is 9.97. The second kappa shape index (κ2) is 6.53. The first-order valence-corrected chi connectivity index (χ1v) is 7.50. The number of nitrogens with zero attached hydrogens (tertiary/aromatic N) is 1. The van der Waals surface area contributed by atoms with Crippen LogP contribution in [0.15, 0.2) is 0 Å². The molecule has 1 amide bonds. The molecule has 0 saturated carbocycles. The van der Waals surface area contributed by atoms with Crippen LogP contribution in [-0.2, 0) is 4.79 Å². The standard InChI is InChI=1S/C14H27N3O/c1-3-15-11-9-12-5-6-13(10-11)17(12)8-7-14(18)16-4-2/h11-13,15H,3-10H2,1-2H3,(H,16,18). The van der Waals surface area contributed by atoms with Crippen molar-refractivity contribution in [3.63, 3.8) is 0 Å². The number of hydrogen-bond acceptors (Lipinski definition) is 3. The average Bonchev–Trinajstić information content (AvgIpc) is 2.58. The molecule has 2 unspecified atom stereocenters. The van der Waals surface area contributed by atoms with Gasteiger partial charge in [-0.3, -0.25) is 9.69 Å². The number of piperidine rings is 1. The largest absolute Gasteiger partial charge is 0.356 e. The Balaban J connectivity index is 1.79. The molecule has 2 heterocycles. The van der Waals surface area contributed by atoms with E-state index in [1.807, 2.05) is 6.92 Å². The van der Waals surface area contributed by atoms with Gasteiger partial charge >= 0.3 is 0 Å². The minimum Gasteiger partial charge on any atom is -0.356 e. The van der Waals surface area contributed by atoms with Crippen LogP contribution in [0.5, 0.6) is 0 Å². The van der Waals surface area contributed by atoms with Crippen molar-refractivity contribution >= 4 is 5.91 Å². The van der Waals surface area contributed by atoms with Gasteiger partial charge in [0.05, 0.1) is 0 Å². The molecule has 2 fully saturated rings. The second-order valence-corrected chi connectivity index (χ2v) is 5.55. The van der Waals surface area contributed by atoms with Crippen LogP contribution in [0.3, 0.4) is 0 Å². The van der Waals surface area contributed by atoms with Crippen LogP contribution in [0.2, 0.25) is 0 Å². The van der Waals surface area contributed by atoms with Gasteiger partial charge in [0.15, 0.2) is 0 Å². The smallest absolute Gasteiger partial charge is 0.221 e. The lowest BCUT2D eigenvalue weighted by molar-refractivity contribution is -0.121. The van der Waals surface area contributed by atoms with Crippen LogP contribution in [0, 0.1) is 0 Å². The summed E-state index contributed by atoms with van der Waals surface area (Å²) >= 11 is 0. The number of carbonyl (C=O) groups is 1. The molecule has 0 spiro atoms. The fraction of sp³-hybridized carbons (Fsp3) is 0.929. The highest BCUT2D eigenvalue weighted by Crippen LogP contribution is 2.35. The number of carbonyl (C=O) groups excluding carboxylic acids is 1. The third kappa shape index (κ3) is 3.23. The third-order valence-electron chi connectivity index (χ3n) is 4.35. The van der Waals surface area contributed by atoms with Crippen LogP contribution in [0.4, 0.5) is 0 Å². The van der Waals surface area contributed by atoms with Crippen molar-refractivity contribution in [2.45, 2.75) is 64.1 Å². The Bertz CT molecular complexity index is 268. The lowest BCUT2D eigenvalue weighted by Gasteiger charge is -2.39. The second-order valence-electron chi connectivity index (χ2n) is 5.55. The van der Waals surface area contributed by atoms with Gasteiger partial charge in [0.25, 0.3) is 0 Å². The van der Waals surface area contributed by atoms with E-state index < -0.39 is 0 Å². The van der Waals surface area contributed by atoms with Gasteiger partial charge in [-0.2, -0.15) is 0 Å². The van der Waals surface area contributed by atoms with Gasteiger partial charge < -0.3 is 10.6 Å². The first-order valence-electron chi connectivity index (χ1n) is 7.50. The summed E-state index contributed by atoms with van der Waals surface area (Å²) in [5.41, 5.74) is 0. The average molecular weight is 253 g/mol. The highest BCUT2D eigenvalue weighted by atomic mass is 16.1. The molecule has 2 rings (SSSR count). The summed E-state index contributed by atoms with van der Waals surface area (Å²) in [6, 6.07) is 2.12. The minimum absolute atomic E-state index is 0.200. The highest BCUT2D eigenvalue weighted by molar-refractivity contribution is 5.75. The van der Waals surface area contributed by atoms with E-state index in [2.05, 4.69) is 22.5 Å². The summed E-state index contributed by atoms with van der Waals surface area (Å²) in [5.74, 6) is 0.200. The molecule has 18 heavy (non-hydrogen) atoms. The molecular formula is C14H27N3O. The zero-order valence-electron chi connectivity index (χ0n) is 11.7. The minimum atomic E-state index is 0.200. The van der Waals surface area contributed by atoms with Gasteiger partial charge in [0.1, 0.15) is 0 Å². The normalized spacial score (nSPS) is 31.6. The molecule has 2 saturated heterocycles. The maximum Gasteiger partial charge on any atom is 0.221 e. The summed E-state index contributed by atoms with van der Waals surface area (Å²) in [6.45, 7) is 6.92. The van der Waals surface area contributed by atoms with E-state index in [0.717, 1.165) is 19.6 Å². The quantitative estimate of drug-likeness (QED) is 0.745. The molecular weight excluding hydrogens is 226 g/mol. The van der Waals surface area contributed by atoms with E-state index in [4.69, 9.17) is 0 Å².